The highest BCUT2D eigenvalue weighted by Crippen LogP contribution is 2.64. The fourth-order valence-corrected chi connectivity index (χ4v) is 23.9. The molecule has 0 spiro atoms. The Kier molecular flexibility index (Phi) is 13.2. The third-order valence-electron chi connectivity index (χ3n) is 28.7. The molecule has 0 fully saturated rings. The van der Waals surface area contributed by atoms with Crippen LogP contribution in [-0.4, -0.2) is 0 Å². The van der Waals surface area contributed by atoms with Gasteiger partial charge >= 0.3 is 0 Å². The van der Waals surface area contributed by atoms with Crippen molar-refractivity contribution in [2.45, 2.75) is 24.7 Å². The van der Waals surface area contributed by atoms with Crippen molar-refractivity contribution in [3.05, 3.63) is 426 Å². The Balaban J connectivity index is 0.961. The molecule has 0 heterocycles. The number of hydrogen-bond acceptors (Lipinski definition) is 0. The van der Waals surface area contributed by atoms with Gasteiger partial charge in [0.15, 0.2) is 0 Å². The minimum atomic E-state index is -0.227. The van der Waals surface area contributed by atoms with Gasteiger partial charge in [0.1, 0.15) is 0 Å². The summed E-state index contributed by atoms with van der Waals surface area (Å²) in [5.41, 5.74) is 28.5. The molecule has 0 nitrogen and oxygen atoms in total. The molecule has 0 saturated carbocycles. The van der Waals surface area contributed by atoms with Crippen molar-refractivity contribution in [3.63, 3.8) is 0 Å². The standard InChI is InChI=1S/C120H70/c1-2-24-72-63-101-75(60-71(72)23-1)31-18-46-96(101)115-114(94-48-20-42-85-81-34-7-3-22-67(81)52-56-91(85)94)119-108-80(65-103(90-44-19-43-86-82-35-8-4-27-76(82)64-102(86)90)112(119)97-57-53-69-29-15-28-68-30-17-45-95(97)105(68)69)55-59-100-113(98-49-21-47-93-89-39-12-11-38-87(89)88-40-13-14-41-92(88)109(93)98)118(104-66-78-33-16-32-77-61-73-25-6-10-37-84(73)111(104)107(77)78)117(120(115)116(100)108)99-58-54-70-50-51-79-62-74-26-5-9-36-83(74)110(99)106(70)79/h1-63,65,97,104H,64,66H2. The highest BCUT2D eigenvalue weighted by Gasteiger charge is 2.40. The summed E-state index contributed by atoms with van der Waals surface area (Å²) in [6.45, 7) is 0. The van der Waals surface area contributed by atoms with Gasteiger partial charge in [-0.15, -0.1) is 0 Å². The summed E-state index contributed by atoms with van der Waals surface area (Å²) < 4.78 is 0. The molecular formula is C120H70. The highest BCUT2D eigenvalue weighted by molar-refractivity contribution is 6.41. The number of hydrogen-bond donors (Lipinski definition) is 0. The Morgan fingerprint density at radius 2 is 0.708 bits per heavy atom. The molecule has 24 aromatic rings. The largest absolute Gasteiger partial charge is 0.0720 e. The maximum atomic E-state index is 2.69. The molecule has 4 aliphatic rings. The lowest BCUT2D eigenvalue weighted by atomic mass is 9.69. The maximum Gasteiger partial charge on any atom is 0.0291 e. The van der Waals surface area contributed by atoms with E-state index >= 15 is 0 Å². The topological polar surface area (TPSA) is 0 Å². The number of fused-ring (bicyclic) bond motifs is 18. The second-order valence-corrected chi connectivity index (χ2v) is 34.4. The van der Waals surface area contributed by atoms with Gasteiger partial charge in [0, 0.05) is 11.8 Å². The monoisotopic (exact) mass is 1510 g/mol. The van der Waals surface area contributed by atoms with E-state index in [1.54, 1.807) is 0 Å². The summed E-state index contributed by atoms with van der Waals surface area (Å²) in [6, 6.07) is 143. The molecule has 28 rings (SSSR count). The predicted octanol–water partition coefficient (Wildman–Crippen LogP) is 32.7. The molecule has 0 N–H and O–H groups in total. The quantitative estimate of drug-likeness (QED) is 0.110. The van der Waals surface area contributed by atoms with Crippen LogP contribution in [0.25, 0.3) is 247 Å². The molecule has 120 heavy (non-hydrogen) atoms. The Morgan fingerprint density at radius 1 is 0.192 bits per heavy atom. The zero-order chi connectivity index (χ0) is 77.8. The second kappa shape index (κ2) is 24.3. The fourth-order valence-electron chi connectivity index (χ4n) is 23.9. The Morgan fingerprint density at radius 3 is 1.54 bits per heavy atom. The smallest absolute Gasteiger partial charge is 0.0291 e. The van der Waals surface area contributed by atoms with Crippen molar-refractivity contribution in [1.82, 2.24) is 0 Å². The molecule has 0 saturated heterocycles. The Labute approximate surface area is 692 Å². The molecular weight excluding hydrogens is 1440 g/mol. The van der Waals surface area contributed by atoms with Crippen LogP contribution >= 0.6 is 0 Å². The van der Waals surface area contributed by atoms with Gasteiger partial charge in [-0.2, -0.15) is 0 Å². The van der Waals surface area contributed by atoms with Crippen LogP contribution in [-0.2, 0) is 12.8 Å². The zero-order valence-electron chi connectivity index (χ0n) is 65.5. The van der Waals surface area contributed by atoms with Crippen molar-refractivity contribution < 1.29 is 0 Å². The van der Waals surface area contributed by atoms with Crippen molar-refractivity contribution in [2.24, 2.45) is 0 Å². The van der Waals surface area contributed by atoms with Crippen LogP contribution in [0.3, 0.4) is 0 Å². The van der Waals surface area contributed by atoms with E-state index in [1.165, 1.54) is 284 Å². The van der Waals surface area contributed by atoms with Gasteiger partial charge in [-0.3, -0.25) is 0 Å². The number of benzene rings is 24. The van der Waals surface area contributed by atoms with Crippen molar-refractivity contribution in [3.8, 4) is 66.8 Å². The van der Waals surface area contributed by atoms with E-state index in [9.17, 15) is 0 Å². The third kappa shape index (κ3) is 8.78. The second-order valence-electron chi connectivity index (χ2n) is 34.4. The van der Waals surface area contributed by atoms with Crippen LogP contribution in [0.1, 0.15) is 67.5 Å². The average molecular weight is 1510 g/mol. The first-order valence-corrected chi connectivity index (χ1v) is 42.6. The summed E-state index contributed by atoms with van der Waals surface area (Å²) in [7, 11) is 0. The lowest BCUT2D eigenvalue weighted by Gasteiger charge is -2.34. The van der Waals surface area contributed by atoms with Gasteiger partial charge in [-0.1, -0.05) is 358 Å². The molecule has 0 aliphatic heterocycles. The Hall–Kier alpha value is -15.1. The molecule has 24 aromatic carbocycles. The van der Waals surface area contributed by atoms with E-state index in [1.807, 2.05) is 0 Å². The highest BCUT2D eigenvalue weighted by atomic mass is 14.4. The van der Waals surface area contributed by atoms with Crippen molar-refractivity contribution >= 4 is 180 Å². The van der Waals surface area contributed by atoms with Gasteiger partial charge in [0.05, 0.1) is 0 Å². The lowest BCUT2D eigenvalue weighted by Crippen LogP contribution is -2.11. The predicted molar refractivity (Wildman–Crippen MR) is 514 cm³/mol. The number of rotatable bonds is 7. The van der Waals surface area contributed by atoms with Crippen LogP contribution in [0.15, 0.2) is 370 Å². The van der Waals surface area contributed by atoms with E-state index in [0.29, 0.717) is 0 Å². The molecule has 0 amide bonds. The van der Waals surface area contributed by atoms with Crippen LogP contribution in [0.4, 0.5) is 0 Å². The van der Waals surface area contributed by atoms with Crippen LogP contribution in [0.5, 0.6) is 0 Å². The van der Waals surface area contributed by atoms with Crippen LogP contribution in [0, 0.1) is 0 Å². The fraction of sp³-hybridized carbons (Fsp3) is 0.0333. The van der Waals surface area contributed by atoms with E-state index in [2.05, 4.69) is 388 Å². The maximum absolute atomic E-state index is 2.69. The van der Waals surface area contributed by atoms with Gasteiger partial charge < -0.3 is 0 Å². The van der Waals surface area contributed by atoms with Crippen LogP contribution in [0.2, 0.25) is 0 Å². The van der Waals surface area contributed by atoms with Gasteiger partial charge in [-0.05, 0) is 327 Å². The SMILES string of the molecule is C1=CC(c2c(-c3cccc4c3Cc3ccccc3-4)cc3ccc4c(-c5cccc6c7ccccc7c7ccccc7c56)c(C5Cc6cccc7cc8ccccc8c5c67)c(-c5ccc6c7c(cc8ccccc8c57)C=C6)c5c(-c6cccc7cc8ccccc8cc67)c(-c6cccc7c6ccc6ccccc67)c2c3c45)c2cccc3cccc1c23. The average Bonchev–Trinajstić information content (AvgIpc) is 1.03. The lowest BCUT2D eigenvalue weighted by molar-refractivity contribution is 0.860. The minimum absolute atomic E-state index is 0.173. The van der Waals surface area contributed by atoms with Crippen molar-refractivity contribution in [1.29, 1.82) is 0 Å². The summed E-state index contributed by atoms with van der Waals surface area (Å²) in [5, 5.41) is 37.8. The molecule has 550 valence electrons. The summed E-state index contributed by atoms with van der Waals surface area (Å²) in [4.78, 5) is 0. The summed E-state index contributed by atoms with van der Waals surface area (Å²) >= 11 is 0. The van der Waals surface area contributed by atoms with Crippen LogP contribution < -0.4 is 0 Å². The molecule has 2 unspecified atom stereocenters. The van der Waals surface area contributed by atoms with E-state index in [4.69, 9.17) is 0 Å². The van der Waals surface area contributed by atoms with E-state index in [-0.39, 0.29) is 11.8 Å². The van der Waals surface area contributed by atoms with Crippen molar-refractivity contribution in [2.75, 3.05) is 0 Å². The molecule has 4 aliphatic carbocycles. The minimum Gasteiger partial charge on any atom is -0.0720 e. The van der Waals surface area contributed by atoms with Gasteiger partial charge in [0.25, 0.3) is 0 Å². The molecule has 2 atom stereocenters. The molecule has 0 heteroatoms. The summed E-state index contributed by atoms with van der Waals surface area (Å²) in [6.07, 6.45) is 11.5. The van der Waals surface area contributed by atoms with E-state index in [0.717, 1.165) is 12.8 Å². The first-order chi connectivity index (χ1) is 59.6. The zero-order valence-corrected chi connectivity index (χ0v) is 65.5. The Bertz CT molecular complexity index is 8870. The molecule has 0 aromatic heterocycles. The third-order valence-corrected chi connectivity index (χ3v) is 28.7. The molecule has 0 bridgehead atoms. The first kappa shape index (κ1) is 65.1. The summed E-state index contributed by atoms with van der Waals surface area (Å²) in [5.74, 6) is -0.400. The first-order valence-electron chi connectivity index (χ1n) is 42.6. The van der Waals surface area contributed by atoms with Gasteiger partial charge in [-0.25, -0.2) is 0 Å². The number of allylic oxidation sites excluding steroid dienone is 1. The molecule has 0 radical (unpaired) electrons. The van der Waals surface area contributed by atoms with Gasteiger partial charge in [0.2, 0.25) is 0 Å². The normalized spacial score (nSPS) is 14.5. The van der Waals surface area contributed by atoms with E-state index < -0.39 is 0 Å².